The summed E-state index contributed by atoms with van der Waals surface area (Å²) in [6.45, 7) is 4.25. The molecule has 0 aliphatic heterocycles. The quantitative estimate of drug-likeness (QED) is 0.768. The van der Waals surface area contributed by atoms with Gasteiger partial charge in [-0.05, 0) is 32.4 Å². The fourth-order valence-electron chi connectivity index (χ4n) is 1.61. The van der Waals surface area contributed by atoms with Crippen molar-refractivity contribution in [2.45, 2.75) is 50.5 Å². The summed E-state index contributed by atoms with van der Waals surface area (Å²) in [6.07, 6.45) is 0.316. The number of halogens is 2. The predicted molar refractivity (Wildman–Crippen MR) is 68.6 cm³/mol. The Bertz CT molecular complexity index is 345. The van der Waals surface area contributed by atoms with Gasteiger partial charge in [-0.15, -0.1) is 0 Å². The zero-order valence-electron chi connectivity index (χ0n) is 10.5. The van der Waals surface area contributed by atoms with Crippen molar-refractivity contribution in [1.29, 1.82) is 0 Å². The number of thioether (sulfide) groups is 1. The van der Waals surface area contributed by atoms with Crippen LogP contribution in [0.25, 0.3) is 0 Å². The summed E-state index contributed by atoms with van der Waals surface area (Å²) in [4.78, 5) is 0. The Morgan fingerprint density at radius 3 is 2.61 bits per heavy atom. The maximum atomic E-state index is 12.0. The van der Waals surface area contributed by atoms with E-state index in [1.54, 1.807) is 19.1 Å². The van der Waals surface area contributed by atoms with Crippen LogP contribution < -0.4 is 5.32 Å². The first kappa shape index (κ1) is 15.5. The first-order valence-corrected chi connectivity index (χ1v) is 6.91. The number of aliphatic hydroxyl groups is 1. The molecule has 18 heavy (non-hydrogen) atoms. The van der Waals surface area contributed by atoms with Crippen molar-refractivity contribution in [3.05, 3.63) is 23.7 Å². The molecule has 0 aromatic carbocycles. The third-order valence-corrected chi connectivity index (χ3v) is 3.09. The van der Waals surface area contributed by atoms with Gasteiger partial charge in [-0.25, -0.2) is 0 Å². The maximum Gasteiger partial charge on any atom is 0.284 e. The Hall–Kier alpha value is -0.590. The number of aliphatic hydroxyl groups excluding tert-OH is 1. The number of rotatable bonds is 8. The third kappa shape index (κ3) is 6.37. The minimum absolute atomic E-state index is 0.175. The lowest BCUT2D eigenvalue weighted by Crippen LogP contribution is -2.28. The average molecular weight is 279 g/mol. The van der Waals surface area contributed by atoms with Crippen molar-refractivity contribution < 1.29 is 18.3 Å². The first-order valence-electron chi connectivity index (χ1n) is 5.86. The summed E-state index contributed by atoms with van der Waals surface area (Å²) in [5, 5.41) is 12.4. The van der Waals surface area contributed by atoms with E-state index in [9.17, 15) is 13.9 Å². The highest BCUT2D eigenvalue weighted by Gasteiger charge is 2.09. The summed E-state index contributed by atoms with van der Waals surface area (Å²) >= 11 is 0.550. The second-order valence-electron chi connectivity index (χ2n) is 4.31. The molecule has 104 valence electrons. The number of furan rings is 1. The highest BCUT2D eigenvalue weighted by Crippen LogP contribution is 2.21. The van der Waals surface area contributed by atoms with Crippen LogP contribution >= 0.6 is 11.8 Å². The Kier molecular flexibility index (Phi) is 6.67. The van der Waals surface area contributed by atoms with Crippen LogP contribution in [0.4, 0.5) is 8.78 Å². The van der Waals surface area contributed by atoms with E-state index >= 15 is 0 Å². The van der Waals surface area contributed by atoms with Crippen molar-refractivity contribution >= 4 is 11.8 Å². The summed E-state index contributed by atoms with van der Waals surface area (Å²) in [5.74, 6) is -0.915. The largest absolute Gasteiger partial charge is 0.464 e. The average Bonchev–Trinajstić information content (AvgIpc) is 2.70. The van der Waals surface area contributed by atoms with Gasteiger partial charge in [0.25, 0.3) is 5.76 Å². The molecule has 2 N–H and O–H groups in total. The minimum Gasteiger partial charge on any atom is -0.464 e. The number of hydrogen-bond donors (Lipinski definition) is 2. The minimum atomic E-state index is -2.37. The van der Waals surface area contributed by atoms with E-state index in [0.29, 0.717) is 30.5 Å². The van der Waals surface area contributed by atoms with Crippen molar-refractivity contribution in [3.63, 3.8) is 0 Å². The highest BCUT2D eigenvalue weighted by molar-refractivity contribution is 7.98. The molecule has 0 aliphatic carbocycles. The first-order chi connectivity index (χ1) is 8.47. The van der Waals surface area contributed by atoms with Crippen LogP contribution in [0, 0.1) is 0 Å². The fraction of sp³-hybridized carbons (Fsp3) is 0.667. The van der Waals surface area contributed by atoms with Crippen LogP contribution in [0.3, 0.4) is 0 Å². The predicted octanol–water partition coefficient (Wildman–Crippen LogP) is 2.98. The number of hydrogen-bond acceptors (Lipinski definition) is 4. The van der Waals surface area contributed by atoms with Crippen LogP contribution in [0.1, 0.15) is 31.8 Å². The molecule has 0 aliphatic rings. The van der Waals surface area contributed by atoms with Crippen molar-refractivity contribution in [2.75, 3.05) is 0 Å². The van der Waals surface area contributed by atoms with Gasteiger partial charge in [0.15, 0.2) is 0 Å². The van der Waals surface area contributed by atoms with Gasteiger partial charge in [-0.3, -0.25) is 0 Å². The van der Waals surface area contributed by atoms with Crippen molar-refractivity contribution in [3.8, 4) is 0 Å². The Labute approximate surface area is 110 Å². The molecule has 0 radical (unpaired) electrons. The van der Waals surface area contributed by atoms with Gasteiger partial charge in [0.1, 0.15) is 11.5 Å². The molecule has 0 saturated carbocycles. The summed E-state index contributed by atoms with van der Waals surface area (Å²) < 4.78 is 29.4. The van der Waals surface area contributed by atoms with E-state index < -0.39 is 5.76 Å². The molecule has 1 heterocycles. The lowest BCUT2D eigenvalue weighted by molar-refractivity contribution is 0.170. The Morgan fingerprint density at radius 2 is 2.00 bits per heavy atom. The molecule has 3 nitrogen and oxygen atoms in total. The second-order valence-corrected chi connectivity index (χ2v) is 5.28. The molecule has 0 fully saturated rings. The summed E-state index contributed by atoms with van der Waals surface area (Å²) in [6, 6.07) is 3.67. The van der Waals surface area contributed by atoms with E-state index in [4.69, 9.17) is 4.42 Å². The Morgan fingerprint density at radius 1 is 1.33 bits per heavy atom. The molecule has 1 aromatic heterocycles. The monoisotopic (exact) mass is 279 g/mol. The molecular weight excluding hydrogens is 260 g/mol. The molecule has 0 amide bonds. The Balaban J connectivity index is 2.30. The lowest BCUT2D eigenvalue weighted by atomic mass is 10.1. The third-order valence-electron chi connectivity index (χ3n) is 2.39. The molecule has 0 spiro atoms. The standard InChI is InChI=1S/C12H19F2NO2S/c1-8(5-9(2)16)15-6-10-3-4-11(17-10)7-18-12(13)14/h3-4,8-9,12,15-16H,5-7H2,1-2H3. The normalized spacial score (nSPS) is 15.0. The molecule has 2 unspecified atom stereocenters. The van der Waals surface area contributed by atoms with Gasteiger partial charge in [0, 0.05) is 6.04 Å². The van der Waals surface area contributed by atoms with Crippen LogP contribution in [0.2, 0.25) is 0 Å². The van der Waals surface area contributed by atoms with E-state index in [-0.39, 0.29) is 17.9 Å². The van der Waals surface area contributed by atoms with E-state index in [1.165, 1.54) is 0 Å². The van der Waals surface area contributed by atoms with E-state index in [0.717, 1.165) is 5.76 Å². The van der Waals surface area contributed by atoms with Gasteiger partial charge in [0.05, 0.1) is 18.4 Å². The molecule has 0 bridgehead atoms. The smallest absolute Gasteiger partial charge is 0.284 e. The molecular formula is C12H19F2NO2S. The van der Waals surface area contributed by atoms with Gasteiger partial charge >= 0.3 is 0 Å². The zero-order chi connectivity index (χ0) is 13.5. The fourth-order valence-corrected chi connectivity index (χ4v) is 2.06. The van der Waals surface area contributed by atoms with Crippen molar-refractivity contribution in [2.24, 2.45) is 0 Å². The summed E-state index contributed by atoms with van der Waals surface area (Å²) in [5.41, 5.74) is 0. The lowest BCUT2D eigenvalue weighted by Gasteiger charge is -2.14. The second kappa shape index (κ2) is 7.76. The van der Waals surface area contributed by atoms with Crippen LogP contribution in [0.15, 0.2) is 16.5 Å². The molecule has 1 rings (SSSR count). The van der Waals surface area contributed by atoms with Crippen LogP contribution in [-0.4, -0.2) is 23.0 Å². The topological polar surface area (TPSA) is 45.4 Å². The molecule has 1 aromatic rings. The molecule has 2 atom stereocenters. The van der Waals surface area contributed by atoms with Crippen molar-refractivity contribution in [1.82, 2.24) is 5.32 Å². The maximum absolute atomic E-state index is 12.0. The SMILES string of the molecule is CC(O)CC(C)NCc1ccc(CSC(F)F)o1. The van der Waals surface area contributed by atoms with E-state index in [1.807, 2.05) is 6.92 Å². The van der Waals surface area contributed by atoms with Gasteiger partial charge in [0.2, 0.25) is 0 Å². The van der Waals surface area contributed by atoms with Gasteiger partial charge < -0.3 is 14.8 Å². The summed E-state index contributed by atoms with van der Waals surface area (Å²) in [7, 11) is 0. The van der Waals surface area contributed by atoms with Crippen LogP contribution in [0.5, 0.6) is 0 Å². The van der Waals surface area contributed by atoms with Gasteiger partial charge in [-0.1, -0.05) is 11.8 Å². The highest BCUT2D eigenvalue weighted by atomic mass is 32.2. The molecule has 6 heteroatoms. The molecule has 0 saturated heterocycles. The van der Waals surface area contributed by atoms with Gasteiger partial charge in [-0.2, -0.15) is 8.78 Å². The van der Waals surface area contributed by atoms with Crippen LogP contribution in [-0.2, 0) is 12.3 Å². The number of nitrogens with one attached hydrogen (secondary N) is 1. The zero-order valence-corrected chi connectivity index (χ0v) is 11.3. The number of alkyl halides is 2. The van der Waals surface area contributed by atoms with E-state index in [2.05, 4.69) is 5.32 Å².